The van der Waals surface area contributed by atoms with Crippen LogP contribution in [0.1, 0.15) is 5.01 Å². The smallest absolute Gasteiger partial charge is 0.240 e. The van der Waals surface area contributed by atoms with Gasteiger partial charge in [-0.05, 0) is 24.3 Å². The number of thiophene rings is 1. The van der Waals surface area contributed by atoms with Crippen LogP contribution in [-0.2, 0) is 16.6 Å². The average Bonchev–Trinajstić information content (AvgIpc) is 3.04. The van der Waals surface area contributed by atoms with Crippen LogP contribution >= 0.6 is 34.3 Å². The van der Waals surface area contributed by atoms with E-state index in [9.17, 15) is 8.42 Å². The molecule has 0 radical (unpaired) electrons. The number of rotatable bonds is 4. The normalized spacial score (nSPS) is 12.3. The number of aromatic nitrogens is 1. The summed E-state index contributed by atoms with van der Waals surface area (Å²) in [5.74, 6) is 0. The molecule has 8 heteroatoms. The molecule has 3 rings (SSSR count). The highest BCUT2D eigenvalue weighted by atomic mass is 35.5. The molecule has 0 saturated heterocycles. The van der Waals surface area contributed by atoms with E-state index < -0.39 is 10.0 Å². The van der Waals surface area contributed by atoms with Crippen LogP contribution in [0, 0.1) is 0 Å². The monoisotopic (exact) mass is 358 g/mol. The SMILES string of the molecule is CN(Cc1nc2ccccc2s1)S(=O)(=O)c1ccc(Cl)s1. The van der Waals surface area contributed by atoms with E-state index >= 15 is 0 Å². The van der Waals surface area contributed by atoms with Gasteiger partial charge in [-0.3, -0.25) is 0 Å². The lowest BCUT2D eigenvalue weighted by Gasteiger charge is -2.14. The van der Waals surface area contributed by atoms with Crippen LogP contribution in [-0.4, -0.2) is 24.8 Å². The number of halogens is 1. The number of hydrogen-bond donors (Lipinski definition) is 0. The third kappa shape index (κ3) is 2.97. The number of hydrogen-bond acceptors (Lipinski definition) is 5. The van der Waals surface area contributed by atoms with Gasteiger partial charge in [0, 0.05) is 7.05 Å². The molecular formula is C13H11ClN2O2S3. The zero-order valence-electron chi connectivity index (χ0n) is 11.0. The van der Waals surface area contributed by atoms with Crippen LogP contribution in [0.3, 0.4) is 0 Å². The van der Waals surface area contributed by atoms with Crippen molar-refractivity contribution in [3.05, 3.63) is 45.7 Å². The van der Waals surface area contributed by atoms with E-state index in [2.05, 4.69) is 4.98 Å². The molecule has 0 spiro atoms. The summed E-state index contributed by atoms with van der Waals surface area (Å²) in [7, 11) is -1.97. The van der Waals surface area contributed by atoms with Crippen molar-refractivity contribution in [2.45, 2.75) is 10.8 Å². The van der Waals surface area contributed by atoms with Gasteiger partial charge in [0.2, 0.25) is 0 Å². The first kappa shape index (κ1) is 14.9. The Bertz CT molecular complexity index is 853. The van der Waals surface area contributed by atoms with Crippen LogP contribution in [0.25, 0.3) is 10.2 Å². The first-order valence-corrected chi connectivity index (χ1v) is 9.48. The Labute approximate surface area is 135 Å². The molecule has 4 nitrogen and oxygen atoms in total. The van der Waals surface area contributed by atoms with Crippen LogP contribution in [0.2, 0.25) is 4.34 Å². The quantitative estimate of drug-likeness (QED) is 0.712. The minimum Gasteiger partial charge on any atom is -0.240 e. The van der Waals surface area contributed by atoms with E-state index in [1.54, 1.807) is 13.1 Å². The molecule has 0 unspecified atom stereocenters. The zero-order chi connectivity index (χ0) is 15.0. The van der Waals surface area contributed by atoms with Crippen molar-refractivity contribution >= 4 is 54.5 Å². The molecule has 0 saturated carbocycles. The van der Waals surface area contributed by atoms with Gasteiger partial charge in [0.05, 0.1) is 21.1 Å². The number of sulfonamides is 1. The minimum absolute atomic E-state index is 0.246. The van der Waals surface area contributed by atoms with E-state index in [0.29, 0.717) is 4.34 Å². The number of para-hydroxylation sites is 1. The fourth-order valence-corrected chi connectivity index (χ4v) is 5.78. The maximum Gasteiger partial charge on any atom is 0.252 e. The molecule has 0 fully saturated rings. The van der Waals surface area contributed by atoms with Gasteiger partial charge in [-0.25, -0.2) is 13.4 Å². The maximum atomic E-state index is 12.4. The molecule has 0 N–H and O–H groups in total. The summed E-state index contributed by atoms with van der Waals surface area (Å²) in [6, 6.07) is 10.9. The lowest BCUT2D eigenvalue weighted by Crippen LogP contribution is -2.25. The first-order chi connectivity index (χ1) is 9.96. The predicted octanol–water partition coefficient (Wildman–Crippen LogP) is 3.83. The predicted molar refractivity (Wildman–Crippen MR) is 87.6 cm³/mol. The fraction of sp³-hybridized carbons (Fsp3) is 0.154. The van der Waals surface area contributed by atoms with Crippen molar-refractivity contribution in [1.29, 1.82) is 0 Å². The van der Waals surface area contributed by atoms with Crippen molar-refractivity contribution in [1.82, 2.24) is 9.29 Å². The van der Waals surface area contributed by atoms with Crippen molar-refractivity contribution in [3.8, 4) is 0 Å². The first-order valence-electron chi connectivity index (χ1n) is 6.03. The topological polar surface area (TPSA) is 50.3 Å². The molecule has 0 amide bonds. The molecule has 0 bridgehead atoms. The number of fused-ring (bicyclic) bond motifs is 1. The Morgan fingerprint density at radius 1 is 1.19 bits per heavy atom. The van der Waals surface area contributed by atoms with Crippen LogP contribution < -0.4 is 0 Å². The number of benzene rings is 1. The molecule has 0 aliphatic heterocycles. The summed E-state index contributed by atoms with van der Waals surface area (Å²) in [6.07, 6.45) is 0. The highest BCUT2D eigenvalue weighted by Crippen LogP contribution is 2.29. The Kier molecular flexibility index (Phi) is 4.02. The van der Waals surface area contributed by atoms with E-state index in [1.807, 2.05) is 24.3 Å². The standard InChI is InChI=1S/C13H11ClN2O2S3/c1-16(21(17,18)13-7-6-11(14)20-13)8-12-15-9-4-2-3-5-10(9)19-12/h2-7H,8H2,1H3. The van der Waals surface area contributed by atoms with E-state index in [-0.39, 0.29) is 10.8 Å². The van der Waals surface area contributed by atoms with Gasteiger partial charge in [-0.15, -0.1) is 22.7 Å². The highest BCUT2D eigenvalue weighted by Gasteiger charge is 2.23. The maximum absolute atomic E-state index is 12.4. The molecule has 0 atom stereocenters. The molecule has 110 valence electrons. The van der Waals surface area contributed by atoms with E-state index in [1.165, 1.54) is 21.7 Å². The van der Waals surface area contributed by atoms with Gasteiger partial charge in [0.1, 0.15) is 9.22 Å². The largest absolute Gasteiger partial charge is 0.252 e. The fourth-order valence-electron chi connectivity index (χ4n) is 1.85. The molecule has 1 aromatic carbocycles. The summed E-state index contributed by atoms with van der Waals surface area (Å²) in [5, 5.41) is 0.768. The van der Waals surface area contributed by atoms with Crippen molar-refractivity contribution < 1.29 is 8.42 Å². The summed E-state index contributed by atoms with van der Waals surface area (Å²) >= 11 is 8.37. The molecule has 2 aromatic heterocycles. The second kappa shape index (κ2) is 5.66. The van der Waals surface area contributed by atoms with E-state index in [0.717, 1.165) is 26.6 Å². The van der Waals surface area contributed by atoms with Gasteiger partial charge < -0.3 is 0 Å². The second-order valence-electron chi connectivity index (χ2n) is 4.39. The Balaban J connectivity index is 1.87. The third-order valence-electron chi connectivity index (χ3n) is 2.91. The molecule has 2 heterocycles. The Morgan fingerprint density at radius 2 is 1.95 bits per heavy atom. The number of nitrogens with zero attached hydrogens (tertiary/aromatic N) is 2. The third-order valence-corrected chi connectivity index (χ3v) is 7.43. The molecule has 0 aliphatic rings. The van der Waals surface area contributed by atoms with Crippen molar-refractivity contribution in [3.63, 3.8) is 0 Å². The number of thiazole rings is 1. The van der Waals surface area contributed by atoms with Gasteiger partial charge in [0.25, 0.3) is 10.0 Å². The summed E-state index contributed by atoms with van der Waals surface area (Å²) in [5.41, 5.74) is 0.891. The summed E-state index contributed by atoms with van der Waals surface area (Å²) < 4.78 is 27.9. The van der Waals surface area contributed by atoms with Gasteiger partial charge in [-0.2, -0.15) is 4.31 Å². The highest BCUT2D eigenvalue weighted by molar-refractivity contribution is 7.91. The lowest BCUT2D eigenvalue weighted by atomic mass is 10.3. The minimum atomic E-state index is -3.52. The lowest BCUT2D eigenvalue weighted by molar-refractivity contribution is 0.468. The van der Waals surface area contributed by atoms with Gasteiger partial charge in [0.15, 0.2) is 0 Å². The second-order valence-corrected chi connectivity index (χ2v) is 9.50. The Hall–Kier alpha value is -0.990. The van der Waals surface area contributed by atoms with E-state index in [4.69, 9.17) is 11.6 Å². The van der Waals surface area contributed by atoms with Crippen molar-refractivity contribution in [2.24, 2.45) is 0 Å². The average molecular weight is 359 g/mol. The van der Waals surface area contributed by atoms with Crippen LogP contribution in [0.5, 0.6) is 0 Å². The summed E-state index contributed by atoms with van der Waals surface area (Å²) in [4.78, 5) is 4.45. The van der Waals surface area contributed by atoms with Crippen LogP contribution in [0.4, 0.5) is 0 Å². The van der Waals surface area contributed by atoms with Gasteiger partial charge in [-0.1, -0.05) is 23.7 Å². The van der Waals surface area contributed by atoms with Gasteiger partial charge >= 0.3 is 0 Å². The van der Waals surface area contributed by atoms with Crippen molar-refractivity contribution in [2.75, 3.05) is 7.05 Å². The molecule has 3 aromatic rings. The molecular weight excluding hydrogens is 348 g/mol. The molecule has 0 aliphatic carbocycles. The summed E-state index contributed by atoms with van der Waals surface area (Å²) in [6.45, 7) is 0.247. The van der Waals surface area contributed by atoms with Crippen LogP contribution in [0.15, 0.2) is 40.6 Å². The zero-order valence-corrected chi connectivity index (χ0v) is 14.2. The Morgan fingerprint density at radius 3 is 2.62 bits per heavy atom. The molecule has 21 heavy (non-hydrogen) atoms.